The van der Waals surface area contributed by atoms with Crippen LogP contribution >= 0.6 is 0 Å². The first kappa shape index (κ1) is 19.5. The first-order chi connectivity index (χ1) is 15.3. The zero-order valence-electron chi connectivity index (χ0n) is 18.5. The zero-order chi connectivity index (χ0) is 22.4. The van der Waals surface area contributed by atoms with E-state index < -0.39 is 5.97 Å². The van der Waals surface area contributed by atoms with Gasteiger partial charge >= 0.3 is 5.97 Å². The second-order valence-electron chi connectivity index (χ2n) is 10.3. The maximum absolute atomic E-state index is 13.6. The van der Waals surface area contributed by atoms with Crippen molar-refractivity contribution in [2.24, 2.45) is 16.7 Å². The Morgan fingerprint density at radius 1 is 1.00 bits per heavy atom. The van der Waals surface area contributed by atoms with Crippen molar-refractivity contribution >= 4 is 23.1 Å². The second-order valence-corrected chi connectivity index (χ2v) is 10.3. The fraction of sp³-hybridized carbons (Fsp3) is 0.370. The molecule has 3 aliphatic carbocycles. The summed E-state index contributed by atoms with van der Waals surface area (Å²) in [5, 5.41) is 0. The van der Waals surface area contributed by atoms with E-state index in [1.165, 1.54) is 0 Å². The third-order valence-electron chi connectivity index (χ3n) is 8.87. The molecule has 2 saturated carbocycles. The number of benzene rings is 1. The van der Waals surface area contributed by atoms with Crippen LogP contribution in [0.5, 0.6) is 0 Å². The number of rotatable bonds is 2. The Labute approximate surface area is 186 Å². The molecule has 0 saturated heterocycles. The molecule has 2 aromatic heterocycles. The first-order valence-corrected chi connectivity index (χ1v) is 11.3. The maximum Gasteiger partial charge on any atom is 0.341 e. The smallest absolute Gasteiger partial charge is 0.341 e. The minimum Gasteiger partial charge on any atom is -0.458 e. The van der Waals surface area contributed by atoms with E-state index >= 15 is 0 Å². The average Bonchev–Trinajstić information content (AvgIpc) is 3.31. The van der Waals surface area contributed by atoms with Crippen molar-refractivity contribution in [3.63, 3.8) is 0 Å². The molecule has 0 radical (unpaired) electrons. The minimum atomic E-state index is -0.509. The fourth-order valence-corrected chi connectivity index (χ4v) is 6.50. The van der Waals surface area contributed by atoms with Gasteiger partial charge in [-0.1, -0.05) is 51.1 Å². The predicted octanol–water partition coefficient (Wildman–Crippen LogP) is 5.09. The summed E-state index contributed by atoms with van der Waals surface area (Å²) in [5.74, 6) is -0.529. The SMILES string of the molecule is CC1(C)C2CCC1(C)C(OC(=O)c1c3c(n4ccccc14)C(=O)c1ccccc1C3=O)C2. The molecule has 0 amide bonds. The van der Waals surface area contributed by atoms with E-state index in [9.17, 15) is 14.4 Å². The third kappa shape index (κ3) is 2.21. The molecule has 6 rings (SSSR count). The van der Waals surface area contributed by atoms with Gasteiger partial charge in [-0.25, -0.2) is 4.79 Å². The van der Waals surface area contributed by atoms with Crippen LogP contribution in [0.1, 0.15) is 82.4 Å². The minimum absolute atomic E-state index is 0.0879. The highest BCUT2D eigenvalue weighted by molar-refractivity contribution is 6.31. The normalized spacial score (nSPS) is 27.5. The molecule has 32 heavy (non-hydrogen) atoms. The quantitative estimate of drug-likeness (QED) is 0.418. The van der Waals surface area contributed by atoms with Crippen molar-refractivity contribution in [3.05, 3.63) is 76.6 Å². The molecule has 5 heteroatoms. The van der Waals surface area contributed by atoms with Crippen molar-refractivity contribution in [2.75, 3.05) is 0 Å². The van der Waals surface area contributed by atoms with Crippen molar-refractivity contribution in [1.82, 2.24) is 4.40 Å². The molecule has 0 aliphatic heterocycles. The van der Waals surface area contributed by atoms with E-state index in [1.54, 1.807) is 47.0 Å². The van der Waals surface area contributed by atoms with E-state index in [1.807, 2.05) is 6.07 Å². The Hall–Kier alpha value is -3.21. The molecule has 0 N–H and O–H groups in total. The average molecular weight is 428 g/mol. The highest BCUT2D eigenvalue weighted by Crippen LogP contribution is 2.66. The molecule has 3 aromatic rings. The van der Waals surface area contributed by atoms with Gasteiger partial charge in [0, 0.05) is 22.7 Å². The molecule has 1 aromatic carbocycles. The van der Waals surface area contributed by atoms with Gasteiger partial charge in [-0.05, 0) is 42.7 Å². The Balaban J connectivity index is 1.49. The molecular weight excluding hydrogens is 402 g/mol. The molecule has 162 valence electrons. The summed E-state index contributed by atoms with van der Waals surface area (Å²) < 4.78 is 7.82. The second kappa shape index (κ2) is 6.18. The number of hydrogen-bond donors (Lipinski definition) is 0. The van der Waals surface area contributed by atoms with Gasteiger partial charge in [0.05, 0.1) is 16.6 Å². The topological polar surface area (TPSA) is 64.8 Å². The van der Waals surface area contributed by atoms with Crippen molar-refractivity contribution in [2.45, 2.75) is 46.1 Å². The Morgan fingerprint density at radius 3 is 2.34 bits per heavy atom. The van der Waals surface area contributed by atoms with Gasteiger partial charge in [0.25, 0.3) is 0 Å². The number of carbonyl (C=O) groups excluding carboxylic acids is 3. The van der Waals surface area contributed by atoms with Gasteiger partial charge in [-0.2, -0.15) is 0 Å². The summed E-state index contributed by atoms with van der Waals surface area (Å²) in [5.41, 5.74) is 1.87. The van der Waals surface area contributed by atoms with Crippen LogP contribution in [0, 0.1) is 16.7 Å². The molecule has 5 nitrogen and oxygen atoms in total. The van der Waals surface area contributed by atoms with E-state index in [-0.39, 0.29) is 45.3 Å². The molecule has 3 unspecified atom stereocenters. The summed E-state index contributed by atoms with van der Waals surface area (Å²) in [6, 6.07) is 12.2. The molecule has 2 fully saturated rings. The molecule has 3 aliphatic rings. The third-order valence-corrected chi connectivity index (χ3v) is 8.87. The van der Waals surface area contributed by atoms with Gasteiger partial charge in [0.2, 0.25) is 5.78 Å². The lowest BCUT2D eigenvalue weighted by Gasteiger charge is -2.38. The van der Waals surface area contributed by atoms with Gasteiger partial charge in [0.15, 0.2) is 5.78 Å². The monoisotopic (exact) mass is 427 g/mol. The molecule has 2 heterocycles. The summed E-state index contributed by atoms with van der Waals surface area (Å²) >= 11 is 0. The lowest BCUT2D eigenvalue weighted by Crippen LogP contribution is -2.38. The Morgan fingerprint density at radius 2 is 1.69 bits per heavy atom. The number of carbonyl (C=O) groups is 3. The summed E-state index contributed by atoms with van der Waals surface area (Å²) in [6.07, 6.45) is 4.57. The number of esters is 1. The number of ketones is 2. The number of fused-ring (bicyclic) bond motifs is 6. The van der Waals surface area contributed by atoms with E-state index in [0.29, 0.717) is 22.6 Å². The zero-order valence-corrected chi connectivity index (χ0v) is 18.5. The van der Waals surface area contributed by atoms with E-state index in [0.717, 1.165) is 19.3 Å². The van der Waals surface area contributed by atoms with Crippen LogP contribution in [0.2, 0.25) is 0 Å². The van der Waals surface area contributed by atoms with Crippen LogP contribution in [0.4, 0.5) is 0 Å². The number of nitrogens with zero attached hydrogens (tertiary/aromatic N) is 1. The molecular formula is C27H25NO4. The van der Waals surface area contributed by atoms with Crippen LogP contribution in [0.25, 0.3) is 5.52 Å². The van der Waals surface area contributed by atoms with Gasteiger partial charge in [-0.3, -0.25) is 9.59 Å². The molecule has 0 spiro atoms. The van der Waals surface area contributed by atoms with Crippen LogP contribution in [0.15, 0.2) is 48.7 Å². The summed E-state index contributed by atoms with van der Waals surface area (Å²) in [7, 11) is 0. The van der Waals surface area contributed by atoms with Gasteiger partial charge in [0.1, 0.15) is 11.8 Å². The molecule has 2 bridgehead atoms. The first-order valence-electron chi connectivity index (χ1n) is 11.3. The maximum atomic E-state index is 13.6. The Bertz CT molecular complexity index is 1350. The lowest BCUT2D eigenvalue weighted by molar-refractivity contribution is -0.0241. The fourth-order valence-electron chi connectivity index (χ4n) is 6.50. The van der Waals surface area contributed by atoms with Crippen LogP contribution in [0.3, 0.4) is 0 Å². The largest absolute Gasteiger partial charge is 0.458 e. The highest BCUT2D eigenvalue weighted by Gasteiger charge is 2.63. The number of aromatic nitrogens is 1. The van der Waals surface area contributed by atoms with Crippen LogP contribution in [-0.4, -0.2) is 28.0 Å². The lowest BCUT2D eigenvalue weighted by atomic mass is 9.70. The van der Waals surface area contributed by atoms with Crippen LogP contribution in [-0.2, 0) is 4.74 Å². The van der Waals surface area contributed by atoms with E-state index in [2.05, 4.69) is 20.8 Å². The van der Waals surface area contributed by atoms with Gasteiger partial charge in [-0.15, -0.1) is 0 Å². The van der Waals surface area contributed by atoms with E-state index in [4.69, 9.17) is 4.74 Å². The number of ether oxygens (including phenoxy) is 1. The number of hydrogen-bond acceptors (Lipinski definition) is 4. The molecule has 3 atom stereocenters. The summed E-state index contributed by atoms with van der Waals surface area (Å²) in [4.78, 5) is 40.5. The summed E-state index contributed by atoms with van der Waals surface area (Å²) in [6.45, 7) is 6.76. The number of pyridine rings is 1. The predicted molar refractivity (Wildman–Crippen MR) is 119 cm³/mol. The van der Waals surface area contributed by atoms with Gasteiger partial charge < -0.3 is 9.14 Å². The van der Waals surface area contributed by atoms with Crippen molar-refractivity contribution < 1.29 is 19.1 Å². The highest BCUT2D eigenvalue weighted by atomic mass is 16.5. The Kier molecular flexibility index (Phi) is 3.76. The van der Waals surface area contributed by atoms with Crippen LogP contribution < -0.4 is 0 Å². The van der Waals surface area contributed by atoms with Crippen molar-refractivity contribution in [1.29, 1.82) is 0 Å². The van der Waals surface area contributed by atoms with Crippen molar-refractivity contribution in [3.8, 4) is 0 Å². The standard InChI is InChI=1S/C27H25NO4/c1-26(2)15-11-12-27(26,3)19(14-15)32-25(31)20-18-10-6-7-13-28(18)22-21(20)23(29)16-8-4-5-9-17(16)24(22)30/h4-10,13,15,19H,11-12,14H2,1-3H3.